The summed E-state index contributed by atoms with van der Waals surface area (Å²) in [7, 11) is 0. The lowest BCUT2D eigenvalue weighted by atomic mass is 10.2. The number of benzene rings is 1. The van der Waals surface area contributed by atoms with Crippen LogP contribution in [0.2, 0.25) is 0 Å². The van der Waals surface area contributed by atoms with E-state index in [9.17, 15) is 5.11 Å². The maximum atomic E-state index is 9.25. The van der Waals surface area contributed by atoms with Crippen LogP contribution in [0.15, 0.2) is 28.7 Å². The molecule has 0 fully saturated rings. The molecule has 0 aliphatic carbocycles. The van der Waals surface area contributed by atoms with Gasteiger partial charge in [-0.2, -0.15) is 5.10 Å². The van der Waals surface area contributed by atoms with Crippen LogP contribution in [0.4, 0.5) is 0 Å². The topological polar surface area (TPSA) is 47.3 Å². The molecule has 5 heteroatoms. The third kappa shape index (κ3) is 3.36. The summed E-state index contributed by atoms with van der Waals surface area (Å²) in [6, 6.07) is 7.74. The average molecular weight is 325 g/mol. The molecule has 0 saturated carbocycles. The second kappa shape index (κ2) is 6.21. The molecule has 2 aromatic rings. The summed E-state index contributed by atoms with van der Waals surface area (Å²) in [6.45, 7) is 5.12. The number of hydrogen-bond donors (Lipinski definition) is 1. The van der Waals surface area contributed by atoms with Crippen molar-refractivity contribution in [2.24, 2.45) is 0 Å². The molecule has 1 aromatic heterocycles. The van der Waals surface area contributed by atoms with Gasteiger partial charge in [0.1, 0.15) is 12.4 Å². The number of aliphatic hydroxyl groups excluding tert-OH is 1. The lowest BCUT2D eigenvalue weighted by Crippen LogP contribution is -2.11. The molecule has 0 aliphatic heterocycles. The van der Waals surface area contributed by atoms with Gasteiger partial charge in [0.2, 0.25) is 0 Å². The quantitative estimate of drug-likeness (QED) is 0.920. The van der Waals surface area contributed by atoms with Crippen molar-refractivity contribution in [3.8, 4) is 5.75 Å². The number of nitrogens with zero attached hydrogens (tertiary/aromatic N) is 2. The number of aromatic nitrogens is 2. The van der Waals surface area contributed by atoms with E-state index in [2.05, 4.69) is 21.0 Å². The lowest BCUT2D eigenvalue weighted by Gasteiger charge is -2.08. The van der Waals surface area contributed by atoms with E-state index in [1.807, 2.05) is 42.8 Å². The molecule has 4 nitrogen and oxygen atoms in total. The van der Waals surface area contributed by atoms with E-state index in [0.717, 1.165) is 27.2 Å². The van der Waals surface area contributed by atoms with E-state index in [-0.39, 0.29) is 6.61 Å². The maximum Gasteiger partial charge on any atom is 0.119 e. The third-order valence-electron chi connectivity index (χ3n) is 3.07. The van der Waals surface area contributed by atoms with Crippen molar-refractivity contribution < 1.29 is 9.84 Å². The van der Waals surface area contributed by atoms with Gasteiger partial charge < -0.3 is 9.84 Å². The molecular formula is C14H17BrN2O2. The number of halogens is 1. The van der Waals surface area contributed by atoms with Crippen LogP contribution < -0.4 is 4.74 Å². The molecule has 0 saturated heterocycles. The first-order chi connectivity index (χ1) is 9.11. The van der Waals surface area contributed by atoms with Crippen LogP contribution in [0.1, 0.15) is 17.0 Å². The molecule has 1 heterocycles. The highest BCUT2D eigenvalue weighted by atomic mass is 79.9. The molecule has 102 valence electrons. The Balaban J connectivity index is 1.94. The summed E-state index contributed by atoms with van der Waals surface area (Å²) in [5, 5.41) is 13.6. The molecule has 0 unspecified atom stereocenters. The van der Waals surface area contributed by atoms with Crippen LogP contribution in [0, 0.1) is 13.8 Å². The third-order valence-corrected chi connectivity index (χ3v) is 3.60. The van der Waals surface area contributed by atoms with Crippen molar-refractivity contribution in [2.45, 2.75) is 27.0 Å². The average Bonchev–Trinajstić information content (AvgIpc) is 2.66. The summed E-state index contributed by atoms with van der Waals surface area (Å²) in [5.74, 6) is 0.840. The van der Waals surface area contributed by atoms with Crippen LogP contribution in [-0.2, 0) is 13.2 Å². The van der Waals surface area contributed by atoms with Gasteiger partial charge in [-0.05, 0) is 38.1 Å². The zero-order valence-corrected chi connectivity index (χ0v) is 12.6. The zero-order valence-electron chi connectivity index (χ0n) is 11.1. The Labute approximate surface area is 121 Å². The van der Waals surface area contributed by atoms with E-state index in [1.54, 1.807) is 0 Å². The van der Waals surface area contributed by atoms with Crippen LogP contribution >= 0.6 is 15.9 Å². The SMILES string of the molecule is Cc1nn(CCOc2ccc(Br)cc2)c(C)c1CO. The van der Waals surface area contributed by atoms with Crippen molar-refractivity contribution in [3.63, 3.8) is 0 Å². The highest BCUT2D eigenvalue weighted by Gasteiger charge is 2.09. The normalized spacial score (nSPS) is 10.7. The highest BCUT2D eigenvalue weighted by Crippen LogP contribution is 2.16. The minimum atomic E-state index is 0.0330. The van der Waals surface area contributed by atoms with Crippen LogP contribution in [-0.4, -0.2) is 21.5 Å². The van der Waals surface area contributed by atoms with Gasteiger partial charge in [0.25, 0.3) is 0 Å². The maximum absolute atomic E-state index is 9.25. The van der Waals surface area contributed by atoms with Gasteiger partial charge in [-0.25, -0.2) is 0 Å². The van der Waals surface area contributed by atoms with Gasteiger partial charge in [0.05, 0.1) is 18.8 Å². The van der Waals surface area contributed by atoms with Crippen LogP contribution in [0.5, 0.6) is 5.75 Å². The van der Waals surface area contributed by atoms with Crippen molar-refractivity contribution in [2.75, 3.05) is 6.61 Å². The fraction of sp³-hybridized carbons (Fsp3) is 0.357. The van der Waals surface area contributed by atoms with Crippen molar-refractivity contribution >= 4 is 15.9 Å². The fourth-order valence-corrected chi connectivity index (χ4v) is 2.23. The zero-order chi connectivity index (χ0) is 13.8. The number of hydrogen-bond acceptors (Lipinski definition) is 3. The first kappa shape index (κ1) is 14.1. The highest BCUT2D eigenvalue weighted by molar-refractivity contribution is 9.10. The second-order valence-corrected chi connectivity index (χ2v) is 5.25. The monoisotopic (exact) mass is 324 g/mol. The Bertz CT molecular complexity index is 549. The summed E-state index contributed by atoms with van der Waals surface area (Å²) in [6.07, 6.45) is 0. The van der Waals surface area contributed by atoms with Gasteiger partial charge >= 0.3 is 0 Å². The van der Waals surface area contributed by atoms with E-state index < -0.39 is 0 Å². The molecule has 0 spiro atoms. The number of aliphatic hydroxyl groups is 1. The summed E-state index contributed by atoms with van der Waals surface area (Å²) >= 11 is 3.39. The first-order valence-corrected chi connectivity index (χ1v) is 6.93. The fourth-order valence-electron chi connectivity index (χ4n) is 1.96. The predicted molar refractivity (Wildman–Crippen MR) is 77.3 cm³/mol. The molecule has 0 amide bonds. The van der Waals surface area contributed by atoms with Crippen LogP contribution in [0.25, 0.3) is 0 Å². The van der Waals surface area contributed by atoms with E-state index in [1.165, 1.54) is 0 Å². The molecule has 0 radical (unpaired) electrons. The van der Waals surface area contributed by atoms with Gasteiger partial charge in [-0.1, -0.05) is 15.9 Å². The van der Waals surface area contributed by atoms with Gasteiger partial charge in [-0.15, -0.1) is 0 Å². The van der Waals surface area contributed by atoms with Gasteiger partial charge in [-0.3, -0.25) is 4.68 Å². The second-order valence-electron chi connectivity index (χ2n) is 4.33. The van der Waals surface area contributed by atoms with Crippen molar-refractivity contribution in [1.82, 2.24) is 9.78 Å². The van der Waals surface area contributed by atoms with E-state index >= 15 is 0 Å². The molecule has 2 rings (SSSR count). The number of rotatable bonds is 5. The Morgan fingerprint density at radius 1 is 1.26 bits per heavy atom. The van der Waals surface area contributed by atoms with Crippen LogP contribution in [0.3, 0.4) is 0 Å². The van der Waals surface area contributed by atoms with E-state index in [4.69, 9.17) is 4.74 Å². The molecule has 0 atom stereocenters. The Morgan fingerprint density at radius 2 is 1.95 bits per heavy atom. The predicted octanol–water partition coefficient (Wildman–Crippen LogP) is 2.83. The largest absolute Gasteiger partial charge is 0.492 e. The summed E-state index contributed by atoms with van der Waals surface area (Å²) in [5.41, 5.74) is 2.78. The summed E-state index contributed by atoms with van der Waals surface area (Å²) in [4.78, 5) is 0. The number of aryl methyl sites for hydroxylation is 1. The molecule has 1 aromatic carbocycles. The Morgan fingerprint density at radius 3 is 2.53 bits per heavy atom. The molecule has 19 heavy (non-hydrogen) atoms. The Kier molecular flexibility index (Phi) is 4.61. The van der Waals surface area contributed by atoms with Crippen molar-refractivity contribution in [1.29, 1.82) is 0 Å². The number of ether oxygens (including phenoxy) is 1. The van der Waals surface area contributed by atoms with Gasteiger partial charge in [0.15, 0.2) is 0 Å². The molecular weight excluding hydrogens is 308 g/mol. The smallest absolute Gasteiger partial charge is 0.119 e. The molecule has 0 aliphatic rings. The lowest BCUT2D eigenvalue weighted by molar-refractivity contribution is 0.278. The molecule has 1 N–H and O–H groups in total. The summed E-state index contributed by atoms with van der Waals surface area (Å²) < 4.78 is 8.57. The van der Waals surface area contributed by atoms with Crippen molar-refractivity contribution in [3.05, 3.63) is 45.7 Å². The van der Waals surface area contributed by atoms with Gasteiger partial charge in [0, 0.05) is 15.7 Å². The van der Waals surface area contributed by atoms with E-state index in [0.29, 0.717) is 13.2 Å². The minimum absolute atomic E-state index is 0.0330. The molecule has 0 bridgehead atoms. The minimum Gasteiger partial charge on any atom is -0.492 e. The first-order valence-electron chi connectivity index (χ1n) is 6.14. The standard InChI is InChI=1S/C14H17BrN2O2/c1-10-14(9-18)11(2)17(16-10)7-8-19-13-5-3-12(15)4-6-13/h3-6,18H,7-9H2,1-2H3. The Hall–Kier alpha value is -1.33.